The minimum Gasteiger partial charge on any atom is -0.389 e. The van der Waals surface area contributed by atoms with E-state index >= 15 is 0 Å². The van der Waals surface area contributed by atoms with Crippen molar-refractivity contribution >= 4 is 27.2 Å². The van der Waals surface area contributed by atoms with Crippen LogP contribution in [-0.2, 0) is 14.8 Å². The highest BCUT2D eigenvalue weighted by molar-refractivity contribution is 7.89. The molecule has 21 heavy (non-hydrogen) atoms. The summed E-state index contributed by atoms with van der Waals surface area (Å²) in [5, 5.41) is 0. The van der Waals surface area contributed by atoms with Crippen LogP contribution in [0.15, 0.2) is 23.1 Å². The topological polar surface area (TPSA) is 81.4 Å². The first-order valence-electron chi connectivity index (χ1n) is 6.88. The lowest BCUT2D eigenvalue weighted by molar-refractivity contribution is 0.0678. The third-order valence-corrected chi connectivity index (χ3v) is 5.32. The second-order valence-electron chi connectivity index (χ2n) is 5.25. The van der Waals surface area contributed by atoms with Crippen molar-refractivity contribution < 1.29 is 13.2 Å². The molecule has 0 bridgehead atoms. The van der Waals surface area contributed by atoms with Crippen molar-refractivity contribution in [2.24, 2.45) is 11.7 Å². The summed E-state index contributed by atoms with van der Waals surface area (Å²) in [4.78, 5) is 0.513. The molecule has 5 nitrogen and oxygen atoms in total. The molecule has 0 atom stereocenters. The minimum atomic E-state index is -3.50. The number of benzene rings is 1. The van der Waals surface area contributed by atoms with E-state index in [9.17, 15) is 8.42 Å². The molecule has 0 unspecified atom stereocenters. The molecule has 1 aliphatic heterocycles. The van der Waals surface area contributed by atoms with Gasteiger partial charge in [-0.3, -0.25) is 0 Å². The Kier molecular flexibility index (Phi) is 5.32. The SMILES string of the molecule is Cc1cc(S(=O)(=O)NCC2CCOCC2)ccc1C(N)=S. The normalized spacial score (nSPS) is 16.8. The fraction of sp³-hybridized carbons (Fsp3) is 0.500. The first-order chi connectivity index (χ1) is 9.90. The van der Waals surface area contributed by atoms with Crippen LogP contribution in [0.3, 0.4) is 0 Å². The van der Waals surface area contributed by atoms with E-state index in [1.54, 1.807) is 19.1 Å². The molecule has 3 N–H and O–H groups in total. The van der Waals surface area contributed by atoms with Crippen LogP contribution in [-0.4, -0.2) is 33.2 Å². The highest BCUT2D eigenvalue weighted by Crippen LogP contribution is 2.17. The molecule has 1 aromatic carbocycles. The number of nitrogens with one attached hydrogen (secondary N) is 1. The van der Waals surface area contributed by atoms with Crippen LogP contribution in [0.4, 0.5) is 0 Å². The van der Waals surface area contributed by atoms with Gasteiger partial charge in [0.1, 0.15) is 4.99 Å². The predicted molar refractivity (Wildman–Crippen MR) is 85.8 cm³/mol. The van der Waals surface area contributed by atoms with E-state index in [0.717, 1.165) is 18.4 Å². The molecule has 1 aromatic rings. The molecule has 0 saturated carbocycles. The van der Waals surface area contributed by atoms with Crippen molar-refractivity contribution in [1.29, 1.82) is 0 Å². The average Bonchev–Trinajstić information content (AvgIpc) is 2.46. The molecule has 7 heteroatoms. The largest absolute Gasteiger partial charge is 0.389 e. The smallest absolute Gasteiger partial charge is 0.240 e. The summed E-state index contributed by atoms with van der Waals surface area (Å²) in [5.41, 5.74) is 7.05. The van der Waals surface area contributed by atoms with Gasteiger partial charge < -0.3 is 10.5 Å². The Morgan fingerprint density at radius 2 is 2.10 bits per heavy atom. The van der Waals surface area contributed by atoms with Gasteiger partial charge in [-0.2, -0.15) is 0 Å². The van der Waals surface area contributed by atoms with Gasteiger partial charge in [0.2, 0.25) is 10.0 Å². The van der Waals surface area contributed by atoms with Crippen molar-refractivity contribution in [2.75, 3.05) is 19.8 Å². The maximum Gasteiger partial charge on any atom is 0.240 e. The number of thiocarbonyl (C=S) groups is 1. The van der Waals surface area contributed by atoms with Crippen molar-refractivity contribution in [3.05, 3.63) is 29.3 Å². The average molecular weight is 328 g/mol. The van der Waals surface area contributed by atoms with Gasteiger partial charge in [0.05, 0.1) is 4.90 Å². The molecule has 0 spiro atoms. The lowest BCUT2D eigenvalue weighted by atomic mass is 10.0. The Morgan fingerprint density at radius 3 is 2.67 bits per heavy atom. The van der Waals surface area contributed by atoms with Crippen LogP contribution < -0.4 is 10.5 Å². The maximum atomic E-state index is 12.3. The minimum absolute atomic E-state index is 0.243. The Bertz CT molecular complexity index is 623. The van der Waals surface area contributed by atoms with Crippen LogP contribution in [0.1, 0.15) is 24.0 Å². The van der Waals surface area contributed by atoms with E-state index in [-0.39, 0.29) is 9.88 Å². The number of ether oxygens (including phenoxy) is 1. The predicted octanol–water partition coefficient (Wildman–Crippen LogP) is 1.33. The monoisotopic (exact) mass is 328 g/mol. The lowest BCUT2D eigenvalue weighted by Gasteiger charge is -2.22. The van der Waals surface area contributed by atoms with E-state index < -0.39 is 10.0 Å². The number of rotatable bonds is 5. The van der Waals surface area contributed by atoms with Gasteiger partial charge in [-0.15, -0.1) is 0 Å². The molecule has 116 valence electrons. The van der Waals surface area contributed by atoms with Crippen LogP contribution >= 0.6 is 12.2 Å². The van der Waals surface area contributed by atoms with Gasteiger partial charge in [0.15, 0.2) is 0 Å². The third-order valence-electron chi connectivity index (χ3n) is 3.68. The molecule has 1 fully saturated rings. The van der Waals surface area contributed by atoms with E-state index in [0.29, 0.717) is 31.2 Å². The van der Waals surface area contributed by atoms with Gasteiger partial charge in [-0.05, 0) is 43.4 Å². The van der Waals surface area contributed by atoms with Gasteiger partial charge >= 0.3 is 0 Å². The highest BCUT2D eigenvalue weighted by Gasteiger charge is 2.19. The first-order valence-corrected chi connectivity index (χ1v) is 8.77. The molecule has 2 rings (SSSR count). The zero-order chi connectivity index (χ0) is 15.5. The molecular weight excluding hydrogens is 308 g/mol. The Hall–Kier alpha value is -1.02. The highest BCUT2D eigenvalue weighted by atomic mass is 32.2. The van der Waals surface area contributed by atoms with E-state index in [4.69, 9.17) is 22.7 Å². The third kappa shape index (κ3) is 4.23. The van der Waals surface area contributed by atoms with Gasteiger partial charge in [-0.1, -0.05) is 18.3 Å². The second kappa shape index (κ2) is 6.83. The lowest BCUT2D eigenvalue weighted by Crippen LogP contribution is -2.32. The molecule has 1 heterocycles. The molecule has 0 amide bonds. The number of hydrogen-bond acceptors (Lipinski definition) is 4. The van der Waals surface area contributed by atoms with Crippen LogP contribution in [0.25, 0.3) is 0 Å². The zero-order valence-corrected chi connectivity index (χ0v) is 13.6. The van der Waals surface area contributed by atoms with Gasteiger partial charge in [-0.25, -0.2) is 13.1 Å². The van der Waals surface area contributed by atoms with E-state index in [1.165, 1.54) is 6.07 Å². The fourth-order valence-corrected chi connectivity index (χ4v) is 3.77. The summed E-state index contributed by atoms with van der Waals surface area (Å²) in [6, 6.07) is 4.79. The van der Waals surface area contributed by atoms with E-state index in [1.807, 2.05) is 0 Å². The summed E-state index contributed by atoms with van der Waals surface area (Å²) in [6.45, 7) is 3.65. The molecule has 1 saturated heterocycles. The van der Waals surface area contributed by atoms with Crippen LogP contribution in [0, 0.1) is 12.8 Å². The van der Waals surface area contributed by atoms with Crippen LogP contribution in [0.2, 0.25) is 0 Å². The zero-order valence-electron chi connectivity index (χ0n) is 12.0. The second-order valence-corrected chi connectivity index (χ2v) is 7.46. The molecule has 0 aromatic heterocycles. The van der Waals surface area contributed by atoms with Gasteiger partial charge in [0, 0.05) is 25.3 Å². The van der Waals surface area contributed by atoms with E-state index in [2.05, 4.69) is 4.72 Å². The number of aryl methyl sites for hydroxylation is 1. The Morgan fingerprint density at radius 1 is 1.43 bits per heavy atom. The van der Waals surface area contributed by atoms with Crippen molar-refractivity contribution in [3.8, 4) is 0 Å². The van der Waals surface area contributed by atoms with Crippen LogP contribution in [0.5, 0.6) is 0 Å². The molecule has 0 aliphatic carbocycles. The summed E-state index contributed by atoms with van der Waals surface area (Å²) in [6.07, 6.45) is 1.78. The number of sulfonamides is 1. The fourth-order valence-electron chi connectivity index (χ4n) is 2.34. The number of hydrogen-bond donors (Lipinski definition) is 2. The first kappa shape index (κ1) is 16.4. The quantitative estimate of drug-likeness (QED) is 0.797. The van der Waals surface area contributed by atoms with Crippen molar-refractivity contribution in [2.45, 2.75) is 24.7 Å². The standard InChI is InChI=1S/C14H20N2O3S2/c1-10-8-12(2-3-13(10)14(15)20)21(17,18)16-9-11-4-6-19-7-5-11/h2-3,8,11,16H,4-7,9H2,1H3,(H2,15,20). The van der Waals surface area contributed by atoms with Crippen molar-refractivity contribution in [3.63, 3.8) is 0 Å². The number of nitrogens with two attached hydrogens (primary N) is 1. The molecule has 0 radical (unpaired) electrons. The van der Waals surface area contributed by atoms with Crippen molar-refractivity contribution in [1.82, 2.24) is 4.72 Å². The Labute approximate surface area is 130 Å². The summed E-state index contributed by atoms with van der Waals surface area (Å²) < 4.78 is 32.5. The molecular formula is C14H20N2O3S2. The Balaban J connectivity index is 2.08. The molecule has 1 aliphatic rings. The summed E-state index contributed by atoms with van der Waals surface area (Å²) in [5.74, 6) is 0.338. The maximum absolute atomic E-state index is 12.3. The van der Waals surface area contributed by atoms with Gasteiger partial charge in [0.25, 0.3) is 0 Å². The summed E-state index contributed by atoms with van der Waals surface area (Å²) >= 11 is 4.92. The summed E-state index contributed by atoms with van der Waals surface area (Å²) in [7, 11) is -3.50.